The highest BCUT2D eigenvalue weighted by atomic mass is 16.5. The van der Waals surface area contributed by atoms with Crippen LogP contribution >= 0.6 is 0 Å². The molecule has 1 aliphatic heterocycles. The minimum absolute atomic E-state index is 0.336. The SMILES string of the molecule is C1=C(O[C@H]2C[C@@H](OCc3ccccc3)C2)CCN(Cc2ccccc2)C1. The van der Waals surface area contributed by atoms with Crippen molar-refractivity contribution in [2.24, 2.45) is 0 Å². The molecule has 3 nitrogen and oxygen atoms in total. The fourth-order valence-electron chi connectivity index (χ4n) is 3.54. The Kier molecular flexibility index (Phi) is 5.68. The fraction of sp³-hybridized carbons (Fsp3) is 0.391. The van der Waals surface area contributed by atoms with Gasteiger partial charge in [-0.2, -0.15) is 0 Å². The van der Waals surface area contributed by atoms with E-state index in [0.717, 1.165) is 38.9 Å². The molecule has 1 fully saturated rings. The highest BCUT2D eigenvalue weighted by Gasteiger charge is 2.32. The van der Waals surface area contributed by atoms with E-state index in [4.69, 9.17) is 9.47 Å². The Hall–Kier alpha value is -2.10. The van der Waals surface area contributed by atoms with E-state index in [1.54, 1.807) is 0 Å². The van der Waals surface area contributed by atoms with Crippen molar-refractivity contribution < 1.29 is 9.47 Å². The van der Waals surface area contributed by atoms with E-state index in [1.165, 1.54) is 16.9 Å². The average Bonchev–Trinajstić information content (AvgIpc) is 2.66. The summed E-state index contributed by atoms with van der Waals surface area (Å²) in [5.74, 6) is 1.17. The molecule has 0 radical (unpaired) electrons. The summed E-state index contributed by atoms with van der Waals surface area (Å²) in [6.45, 7) is 3.77. The van der Waals surface area contributed by atoms with Gasteiger partial charge in [0.2, 0.25) is 0 Å². The number of benzene rings is 2. The maximum absolute atomic E-state index is 6.16. The van der Waals surface area contributed by atoms with Crippen LogP contribution in [0.3, 0.4) is 0 Å². The maximum atomic E-state index is 6.16. The molecular weight excluding hydrogens is 322 g/mol. The predicted octanol–water partition coefficient (Wildman–Crippen LogP) is 4.54. The second-order valence-corrected chi connectivity index (χ2v) is 7.27. The van der Waals surface area contributed by atoms with Gasteiger partial charge < -0.3 is 9.47 Å². The second-order valence-electron chi connectivity index (χ2n) is 7.27. The Morgan fingerprint density at radius 1 is 0.846 bits per heavy atom. The molecule has 0 N–H and O–H groups in total. The van der Waals surface area contributed by atoms with Gasteiger partial charge in [-0.25, -0.2) is 0 Å². The Morgan fingerprint density at radius 2 is 1.54 bits per heavy atom. The first-order valence-corrected chi connectivity index (χ1v) is 9.62. The first-order valence-electron chi connectivity index (χ1n) is 9.62. The molecule has 3 heteroatoms. The van der Waals surface area contributed by atoms with Crippen molar-refractivity contribution in [2.75, 3.05) is 13.1 Å². The highest BCUT2D eigenvalue weighted by Crippen LogP contribution is 2.30. The van der Waals surface area contributed by atoms with Crippen LogP contribution in [-0.4, -0.2) is 30.2 Å². The molecule has 2 aromatic rings. The predicted molar refractivity (Wildman–Crippen MR) is 104 cm³/mol. The van der Waals surface area contributed by atoms with Gasteiger partial charge >= 0.3 is 0 Å². The third-order valence-electron chi connectivity index (χ3n) is 5.20. The molecule has 0 amide bonds. The summed E-state index contributed by atoms with van der Waals surface area (Å²) in [5.41, 5.74) is 2.62. The molecule has 0 unspecified atom stereocenters. The number of hydrogen-bond acceptors (Lipinski definition) is 3. The summed E-state index contributed by atoms with van der Waals surface area (Å²) in [6.07, 6.45) is 5.97. The molecular formula is C23H27NO2. The van der Waals surface area contributed by atoms with Crippen molar-refractivity contribution in [3.8, 4) is 0 Å². The van der Waals surface area contributed by atoms with E-state index >= 15 is 0 Å². The average molecular weight is 349 g/mol. The lowest BCUT2D eigenvalue weighted by Gasteiger charge is -2.37. The quantitative estimate of drug-likeness (QED) is 0.732. The summed E-state index contributed by atoms with van der Waals surface area (Å²) in [7, 11) is 0. The number of ether oxygens (including phenoxy) is 2. The third kappa shape index (κ3) is 4.75. The van der Waals surface area contributed by atoms with Crippen LogP contribution < -0.4 is 0 Å². The van der Waals surface area contributed by atoms with Crippen molar-refractivity contribution in [1.29, 1.82) is 0 Å². The molecule has 1 aliphatic carbocycles. The van der Waals surface area contributed by atoms with Crippen molar-refractivity contribution in [2.45, 2.75) is 44.6 Å². The number of rotatable bonds is 7. The Morgan fingerprint density at radius 3 is 2.19 bits per heavy atom. The number of hydrogen-bond donors (Lipinski definition) is 0. The van der Waals surface area contributed by atoms with E-state index in [-0.39, 0.29) is 0 Å². The van der Waals surface area contributed by atoms with Crippen LogP contribution in [0.1, 0.15) is 30.4 Å². The maximum Gasteiger partial charge on any atom is 0.103 e. The topological polar surface area (TPSA) is 21.7 Å². The third-order valence-corrected chi connectivity index (χ3v) is 5.20. The lowest BCUT2D eigenvalue weighted by atomic mass is 9.91. The van der Waals surface area contributed by atoms with Crippen molar-refractivity contribution in [3.63, 3.8) is 0 Å². The number of nitrogens with zero attached hydrogens (tertiary/aromatic N) is 1. The first kappa shape index (κ1) is 17.3. The van der Waals surface area contributed by atoms with Gasteiger partial charge in [0, 0.05) is 38.9 Å². The Labute approximate surface area is 156 Å². The Balaban J connectivity index is 1.15. The minimum Gasteiger partial charge on any atom is -0.495 e. The Bertz CT molecular complexity index is 708. The van der Waals surface area contributed by atoms with Crippen LogP contribution in [0.2, 0.25) is 0 Å². The normalized spacial score (nSPS) is 23.2. The molecule has 4 rings (SSSR count). The molecule has 2 aromatic carbocycles. The van der Waals surface area contributed by atoms with Gasteiger partial charge in [0.25, 0.3) is 0 Å². The zero-order chi connectivity index (χ0) is 17.6. The fourth-order valence-corrected chi connectivity index (χ4v) is 3.54. The molecule has 1 heterocycles. The van der Waals surface area contributed by atoms with Crippen LogP contribution in [-0.2, 0) is 22.6 Å². The smallest absolute Gasteiger partial charge is 0.103 e. The van der Waals surface area contributed by atoms with Crippen LogP contribution in [0, 0.1) is 0 Å². The van der Waals surface area contributed by atoms with E-state index < -0.39 is 0 Å². The molecule has 1 saturated carbocycles. The lowest BCUT2D eigenvalue weighted by Crippen LogP contribution is -2.38. The molecule has 0 spiro atoms. The van der Waals surface area contributed by atoms with Crippen LogP contribution in [0.25, 0.3) is 0 Å². The molecule has 0 bridgehead atoms. The van der Waals surface area contributed by atoms with Crippen LogP contribution in [0.5, 0.6) is 0 Å². The van der Waals surface area contributed by atoms with Crippen LogP contribution in [0.15, 0.2) is 72.5 Å². The van der Waals surface area contributed by atoms with Gasteiger partial charge in [-0.15, -0.1) is 0 Å². The molecule has 0 atom stereocenters. The summed E-state index contributed by atoms with van der Waals surface area (Å²) in [5, 5.41) is 0. The standard InChI is InChI=1S/C23H27NO2/c1-3-7-19(8-4-1)17-24-13-11-21(12-14-24)26-23-15-22(16-23)25-18-20-9-5-2-6-10-20/h1-11,22-23H,12-18H2/t22-,23+. The lowest BCUT2D eigenvalue weighted by molar-refractivity contribution is -0.0909. The molecule has 136 valence electrons. The van der Waals surface area contributed by atoms with E-state index in [2.05, 4.69) is 65.6 Å². The second kappa shape index (κ2) is 8.52. The van der Waals surface area contributed by atoms with Crippen molar-refractivity contribution in [1.82, 2.24) is 4.90 Å². The summed E-state index contributed by atoms with van der Waals surface area (Å²) >= 11 is 0. The van der Waals surface area contributed by atoms with Crippen LogP contribution in [0.4, 0.5) is 0 Å². The summed E-state index contributed by atoms with van der Waals surface area (Å²) in [4.78, 5) is 2.47. The minimum atomic E-state index is 0.336. The molecule has 0 saturated heterocycles. The van der Waals surface area contributed by atoms with E-state index in [0.29, 0.717) is 18.8 Å². The highest BCUT2D eigenvalue weighted by molar-refractivity contribution is 5.15. The molecule has 26 heavy (non-hydrogen) atoms. The monoisotopic (exact) mass is 349 g/mol. The largest absolute Gasteiger partial charge is 0.495 e. The van der Waals surface area contributed by atoms with Gasteiger partial charge in [0.15, 0.2) is 0 Å². The summed E-state index contributed by atoms with van der Waals surface area (Å²) in [6, 6.07) is 21.1. The molecule has 2 aliphatic rings. The van der Waals surface area contributed by atoms with E-state index in [9.17, 15) is 0 Å². The zero-order valence-corrected chi connectivity index (χ0v) is 15.2. The summed E-state index contributed by atoms with van der Waals surface area (Å²) < 4.78 is 12.1. The first-order chi connectivity index (χ1) is 12.8. The van der Waals surface area contributed by atoms with Gasteiger partial charge in [0.05, 0.1) is 18.5 Å². The van der Waals surface area contributed by atoms with E-state index in [1.807, 2.05) is 6.07 Å². The van der Waals surface area contributed by atoms with Gasteiger partial charge in [-0.05, 0) is 17.2 Å². The van der Waals surface area contributed by atoms with Gasteiger partial charge in [-0.3, -0.25) is 4.90 Å². The van der Waals surface area contributed by atoms with Crippen molar-refractivity contribution >= 4 is 0 Å². The van der Waals surface area contributed by atoms with Gasteiger partial charge in [0.1, 0.15) is 6.10 Å². The van der Waals surface area contributed by atoms with Gasteiger partial charge in [-0.1, -0.05) is 60.7 Å². The van der Waals surface area contributed by atoms with Crippen molar-refractivity contribution in [3.05, 3.63) is 83.6 Å². The zero-order valence-electron chi connectivity index (χ0n) is 15.2. The molecule has 0 aromatic heterocycles.